The van der Waals surface area contributed by atoms with Crippen LogP contribution in [0.3, 0.4) is 0 Å². The molecular weight excluding hydrogens is 316 g/mol. The largest absolute Gasteiger partial charge is 0.462 e. The predicted molar refractivity (Wildman–Crippen MR) is 89.1 cm³/mol. The first-order valence-corrected chi connectivity index (χ1v) is 9.98. The lowest BCUT2D eigenvalue weighted by molar-refractivity contribution is -0.215. The Kier molecular flexibility index (Phi) is 7.89. The summed E-state index contributed by atoms with van der Waals surface area (Å²) in [6, 6.07) is 0.836. The van der Waals surface area contributed by atoms with Gasteiger partial charge in [-0.1, -0.05) is 13.0 Å². The van der Waals surface area contributed by atoms with E-state index in [1.165, 1.54) is 0 Å². The lowest BCUT2D eigenvalue weighted by atomic mass is 9.96. The molecule has 23 heavy (non-hydrogen) atoms. The molecule has 1 rings (SSSR count). The zero-order valence-corrected chi connectivity index (χ0v) is 16.0. The summed E-state index contributed by atoms with van der Waals surface area (Å²) in [5, 5.41) is 0. The Bertz CT molecular complexity index is 403. The maximum atomic E-state index is 11.4. The number of carbonyl (C=O) groups excluding carboxylic acids is 1. The third-order valence-electron chi connectivity index (χ3n) is 4.67. The summed E-state index contributed by atoms with van der Waals surface area (Å²) < 4.78 is 28.4. The van der Waals surface area contributed by atoms with Gasteiger partial charge in [0.05, 0.1) is 6.61 Å². The van der Waals surface area contributed by atoms with Crippen LogP contribution in [-0.4, -0.2) is 55.0 Å². The van der Waals surface area contributed by atoms with Gasteiger partial charge in [-0.3, -0.25) is 0 Å². The molecule has 1 heterocycles. The Labute approximate surface area is 140 Å². The van der Waals surface area contributed by atoms with E-state index >= 15 is 0 Å². The van der Waals surface area contributed by atoms with Crippen LogP contribution in [0.2, 0.25) is 6.04 Å². The summed E-state index contributed by atoms with van der Waals surface area (Å²) in [5.41, 5.74) is -0.427. The van der Waals surface area contributed by atoms with Crippen LogP contribution in [-0.2, 0) is 27.9 Å². The smallest absolute Gasteiger partial charge is 0.399 e. The van der Waals surface area contributed by atoms with Gasteiger partial charge in [-0.25, -0.2) is 4.79 Å². The lowest BCUT2D eigenvalue weighted by Crippen LogP contribution is -2.69. The second-order valence-electron chi connectivity index (χ2n) is 5.88. The first-order chi connectivity index (χ1) is 10.9. The fourth-order valence-electron chi connectivity index (χ4n) is 3.51. The van der Waals surface area contributed by atoms with Gasteiger partial charge in [0.1, 0.15) is 0 Å². The quantitative estimate of drug-likeness (QED) is 0.210. The zero-order valence-electron chi connectivity index (χ0n) is 15.0. The molecule has 1 unspecified atom stereocenters. The van der Waals surface area contributed by atoms with E-state index in [0.717, 1.165) is 31.7 Å². The van der Waals surface area contributed by atoms with Crippen molar-refractivity contribution in [2.24, 2.45) is 5.92 Å². The first kappa shape index (κ1) is 20.3. The molecule has 0 aromatic carbocycles. The maximum Gasteiger partial charge on any atom is 0.399 e. The molecule has 1 atom stereocenters. The van der Waals surface area contributed by atoms with Crippen molar-refractivity contribution >= 4 is 14.5 Å². The standard InChI is InChI=1S/C16H30O6Si/c1-13(2)15(17)22-11-7-9-14-10-8-12-23(20-5,21-6)16(14,18-3)19-4/h14H,1,7-12H2,2-6H3. The highest BCUT2D eigenvalue weighted by Crippen LogP contribution is 2.46. The van der Waals surface area contributed by atoms with Crippen molar-refractivity contribution in [3.63, 3.8) is 0 Å². The molecule has 1 fully saturated rings. The minimum atomic E-state index is -2.64. The van der Waals surface area contributed by atoms with Crippen LogP contribution < -0.4 is 0 Å². The van der Waals surface area contributed by atoms with Crippen LogP contribution in [0.15, 0.2) is 12.2 Å². The minimum absolute atomic E-state index is 0.140. The Morgan fingerprint density at radius 2 is 1.83 bits per heavy atom. The maximum absolute atomic E-state index is 11.4. The number of ether oxygens (including phenoxy) is 3. The van der Waals surface area contributed by atoms with Gasteiger partial charge in [0.15, 0.2) is 0 Å². The zero-order chi connectivity index (χ0) is 17.5. The summed E-state index contributed by atoms with van der Waals surface area (Å²) in [7, 11) is 3.98. The van der Waals surface area contributed by atoms with Gasteiger partial charge in [0, 0.05) is 39.9 Å². The summed E-state index contributed by atoms with van der Waals surface area (Å²) in [4.78, 5) is 11.4. The van der Waals surface area contributed by atoms with Gasteiger partial charge in [-0.05, 0) is 32.2 Å². The van der Waals surface area contributed by atoms with Crippen molar-refractivity contribution in [3.8, 4) is 0 Å². The number of esters is 1. The summed E-state index contributed by atoms with van der Waals surface area (Å²) in [5.74, 6) is -0.211. The molecule has 0 aromatic heterocycles. The van der Waals surface area contributed by atoms with Gasteiger partial charge >= 0.3 is 14.5 Å². The van der Waals surface area contributed by atoms with Gasteiger partial charge in [0.25, 0.3) is 0 Å². The van der Waals surface area contributed by atoms with E-state index in [0.29, 0.717) is 12.2 Å². The average Bonchev–Trinajstić information content (AvgIpc) is 2.57. The third-order valence-corrected chi connectivity index (χ3v) is 8.88. The van der Waals surface area contributed by atoms with Crippen molar-refractivity contribution in [1.29, 1.82) is 0 Å². The van der Waals surface area contributed by atoms with E-state index < -0.39 is 14.0 Å². The molecular formula is C16H30O6Si. The molecule has 0 N–H and O–H groups in total. The van der Waals surface area contributed by atoms with E-state index in [1.54, 1.807) is 35.4 Å². The molecule has 1 aliphatic rings. The van der Waals surface area contributed by atoms with Crippen LogP contribution in [0.4, 0.5) is 0 Å². The number of rotatable bonds is 9. The van der Waals surface area contributed by atoms with Crippen LogP contribution in [0.1, 0.15) is 32.6 Å². The Morgan fingerprint density at radius 3 is 2.30 bits per heavy atom. The number of hydrogen-bond donors (Lipinski definition) is 0. The Balaban J connectivity index is 2.75. The lowest BCUT2D eigenvalue weighted by Gasteiger charge is -2.50. The van der Waals surface area contributed by atoms with E-state index in [4.69, 9.17) is 23.1 Å². The highest BCUT2D eigenvalue weighted by Gasteiger charge is 2.64. The van der Waals surface area contributed by atoms with Crippen molar-refractivity contribution < 1.29 is 27.9 Å². The van der Waals surface area contributed by atoms with Crippen molar-refractivity contribution in [2.75, 3.05) is 35.0 Å². The number of hydrogen-bond acceptors (Lipinski definition) is 6. The monoisotopic (exact) mass is 346 g/mol. The van der Waals surface area contributed by atoms with Gasteiger partial charge in [-0.15, -0.1) is 0 Å². The van der Waals surface area contributed by atoms with Gasteiger partial charge in [0.2, 0.25) is 5.41 Å². The van der Waals surface area contributed by atoms with E-state index in [2.05, 4.69) is 6.58 Å². The molecule has 0 radical (unpaired) electrons. The molecule has 1 saturated heterocycles. The number of methoxy groups -OCH3 is 2. The molecule has 0 bridgehead atoms. The fourth-order valence-corrected chi connectivity index (χ4v) is 7.20. The molecule has 7 heteroatoms. The fraction of sp³-hybridized carbons (Fsp3) is 0.812. The Morgan fingerprint density at radius 1 is 1.22 bits per heavy atom. The van der Waals surface area contributed by atoms with Crippen molar-refractivity contribution in [1.82, 2.24) is 0 Å². The molecule has 0 spiro atoms. The summed E-state index contributed by atoms with van der Waals surface area (Å²) >= 11 is 0. The normalized spacial score (nSPS) is 22.6. The van der Waals surface area contributed by atoms with E-state index in [-0.39, 0.29) is 11.9 Å². The highest BCUT2D eigenvalue weighted by molar-refractivity contribution is 6.70. The summed E-state index contributed by atoms with van der Waals surface area (Å²) in [6.45, 7) is 5.57. The number of carbonyl (C=O) groups is 1. The molecule has 0 saturated carbocycles. The predicted octanol–water partition coefficient (Wildman–Crippen LogP) is 2.56. The van der Waals surface area contributed by atoms with Gasteiger partial charge in [-0.2, -0.15) is 0 Å². The molecule has 0 aromatic rings. The van der Waals surface area contributed by atoms with Crippen LogP contribution in [0.25, 0.3) is 0 Å². The molecule has 134 valence electrons. The highest BCUT2D eigenvalue weighted by atomic mass is 28.4. The van der Waals surface area contributed by atoms with Gasteiger partial charge < -0.3 is 23.1 Å². The molecule has 1 aliphatic heterocycles. The second kappa shape index (κ2) is 8.94. The topological polar surface area (TPSA) is 63.2 Å². The second-order valence-corrected chi connectivity index (χ2v) is 9.40. The molecule has 0 amide bonds. The van der Waals surface area contributed by atoms with Crippen molar-refractivity contribution in [3.05, 3.63) is 12.2 Å². The average molecular weight is 346 g/mol. The third kappa shape index (κ3) is 4.03. The Hall–Kier alpha value is -0.733. The molecule has 6 nitrogen and oxygen atoms in total. The van der Waals surface area contributed by atoms with Crippen molar-refractivity contribution in [2.45, 2.75) is 44.1 Å². The van der Waals surface area contributed by atoms with Crippen LogP contribution in [0, 0.1) is 5.92 Å². The SMILES string of the molecule is C=C(C)C(=O)OCCCC1CCC[Si](OC)(OC)C1(OC)OC. The van der Waals surface area contributed by atoms with E-state index in [1.807, 2.05) is 0 Å². The summed E-state index contributed by atoms with van der Waals surface area (Å²) in [6.07, 6.45) is 3.53. The first-order valence-electron chi connectivity index (χ1n) is 7.96. The van der Waals surface area contributed by atoms with Crippen LogP contribution >= 0.6 is 0 Å². The minimum Gasteiger partial charge on any atom is -0.462 e. The van der Waals surface area contributed by atoms with E-state index in [9.17, 15) is 4.79 Å². The molecule has 0 aliphatic carbocycles. The van der Waals surface area contributed by atoms with Crippen LogP contribution in [0.5, 0.6) is 0 Å².